The van der Waals surface area contributed by atoms with Crippen molar-refractivity contribution in [3.63, 3.8) is 0 Å². The zero-order valence-corrected chi connectivity index (χ0v) is 20.9. The van der Waals surface area contributed by atoms with Gasteiger partial charge in [-0.2, -0.15) is 13.2 Å². The van der Waals surface area contributed by atoms with Gasteiger partial charge in [0.2, 0.25) is 0 Å². The van der Waals surface area contributed by atoms with Gasteiger partial charge in [-0.1, -0.05) is 23.2 Å². The number of ether oxygens (including phenoxy) is 1. The number of anilines is 1. The van der Waals surface area contributed by atoms with Gasteiger partial charge in [0.25, 0.3) is 5.91 Å². The lowest BCUT2D eigenvalue weighted by molar-refractivity contribution is -0.138. The van der Waals surface area contributed by atoms with E-state index in [1.54, 1.807) is 11.8 Å². The molecule has 0 spiro atoms. The van der Waals surface area contributed by atoms with Crippen LogP contribution in [0.5, 0.6) is 0 Å². The number of hydrogen-bond acceptors (Lipinski definition) is 6. The van der Waals surface area contributed by atoms with E-state index in [0.717, 1.165) is 12.1 Å². The highest BCUT2D eigenvalue weighted by molar-refractivity contribution is 6.42. The van der Waals surface area contributed by atoms with Crippen LogP contribution in [0.15, 0.2) is 30.3 Å². The molecule has 1 fully saturated rings. The van der Waals surface area contributed by atoms with E-state index in [4.69, 9.17) is 27.9 Å². The number of nitrogens with zero attached hydrogens (tertiary/aromatic N) is 4. The van der Waals surface area contributed by atoms with Gasteiger partial charge in [0.1, 0.15) is 5.82 Å². The molecule has 0 bridgehead atoms. The maximum Gasteiger partial charge on any atom is 0.417 e. The summed E-state index contributed by atoms with van der Waals surface area (Å²) in [6.07, 6.45) is -4.54. The molecule has 7 nitrogen and oxygen atoms in total. The van der Waals surface area contributed by atoms with Gasteiger partial charge in [-0.3, -0.25) is 4.79 Å². The van der Waals surface area contributed by atoms with E-state index < -0.39 is 35.0 Å². The molecule has 196 valence electrons. The van der Waals surface area contributed by atoms with Crippen LogP contribution < -0.4 is 4.90 Å². The Bertz CT molecular complexity index is 1370. The molecule has 2 aromatic carbocycles. The van der Waals surface area contributed by atoms with Crippen LogP contribution in [0, 0.1) is 5.82 Å². The fraction of sp³-hybridized carbons (Fsp3) is 0.333. The van der Waals surface area contributed by atoms with Crippen LogP contribution in [-0.2, 0) is 10.9 Å². The number of aromatic nitrogens is 2. The number of fused-ring (bicyclic) bond motifs is 1. The second-order valence-corrected chi connectivity index (χ2v) is 9.01. The van der Waals surface area contributed by atoms with Gasteiger partial charge in [-0.05, 0) is 43.7 Å². The minimum Gasteiger partial charge on any atom is -0.461 e. The molecule has 1 aliphatic heterocycles. The third-order valence-electron chi connectivity index (χ3n) is 5.76. The summed E-state index contributed by atoms with van der Waals surface area (Å²) in [6.45, 7) is 2.37. The summed E-state index contributed by atoms with van der Waals surface area (Å²) >= 11 is 12.2. The van der Waals surface area contributed by atoms with Gasteiger partial charge >= 0.3 is 12.1 Å². The highest BCUT2D eigenvalue weighted by Crippen LogP contribution is 2.34. The van der Waals surface area contributed by atoms with Crippen LogP contribution >= 0.6 is 23.2 Å². The van der Waals surface area contributed by atoms with E-state index in [9.17, 15) is 27.2 Å². The Balaban J connectivity index is 1.65. The lowest BCUT2D eigenvalue weighted by Crippen LogP contribution is -2.36. The first kappa shape index (κ1) is 26.9. The van der Waals surface area contributed by atoms with Crippen molar-refractivity contribution in [2.75, 3.05) is 37.7 Å². The molecule has 2 heterocycles. The van der Waals surface area contributed by atoms with Gasteiger partial charge < -0.3 is 14.5 Å². The maximum atomic E-state index is 13.5. The van der Waals surface area contributed by atoms with Crippen molar-refractivity contribution in [3.8, 4) is 0 Å². The zero-order chi connectivity index (χ0) is 26.9. The number of carbonyl (C=O) groups is 2. The van der Waals surface area contributed by atoms with Crippen molar-refractivity contribution in [1.82, 2.24) is 14.9 Å². The first-order valence-electron chi connectivity index (χ1n) is 11.2. The fourth-order valence-electron chi connectivity index (χ4n) is 4.04. The first-order valence-corrected chi connectivity index (χ1v) is 12.0. The standard InChI is InChI=1S/C24H20Cl2F4N4O3/c1-2-37-23(36)20-21(32-19-12-17(26)16(25)11-18(19)31-20)33-6-3-7-34(9-8-33)22(35)14-5-4-13(27)10-15(14)24(28,29)30/h4-5,10-12H,2-3,6-9H2,1H3. The quantitative estimate of drug-likeness (QED) is 0.305. The maximum absolute atomic E-state index is 13.5. The Morgan fingerprint density at radius 2 is 1.68 bits per heavy atom. The molecule has 1 saturated heterocycles. The average Bonchev–Trinajstić information content (AvgIpc) is 3.09. The highest BCUT2D eigenvalue weighted by Gasteiger charge is 2.37. The van der Waals surface area contributed by atoms with E-state index in [-0.39, 0.29) is 47.8 Å². The molecule has 0 N–H and O–H groups in total. The molecule has 4 rings (SSSR count). The predicted molar refractivity (Wildman–Crippen MR) is 130 cm³/mol. The molecule has 0 radical (unpaired) electrons. The number of esters is 1. The first-order chi connectivity index (χ1) is 17.5. The highest BCUT2D eigenvalue weighted by atomic mass is 35.5. The largest absolute Gasteiger partial charge is 0.461 e. The van der Waals surface area contributed by atoms with Crippen molar-refractivity contribution in [2.24, 2.45) is 0 Å². The van der Waals surface area contributed by atoms with Crippen LogP contribution in [0.1, 0.15) is 39.8 Å². The number of carbonyl (C=O) groups excluding carboxylic acids is 2. The SMILES string of the molecule is CCOC(=O)c1nc2cc(Cl)c(Cl)cc2nc1N1CCCN(C(=O)c2ccc(F)cc2C(F)(F)F)CC1. The van der Waals surface area contributed by atoms with Crippen LogP contribution in [0.4, 0.5) is 23.4 Å². The Morgan fingerprint density at radius 1 is 1.00 bits per heavy atom. The lowest BCUT2D eigenvalue weighted by Gasteiger charge is -2.25. The topological polar surface area (TPSA) is 75.6 Å². The molecule has 0 saturated carbocycles. The minimum absolute atomic E-state index is 0.0247. The van der Waals surface area contributed by atoms with Crippen molar-refractivity contribution >= 4 is 51.9 Å². The normalized spacial score (nSPS) is 14.6. The molecule has 37 heavy (non-hydrogen) atoms. The second-order valence-electron chi connectivity index (χ2n) is 8.19. The van der Waals surface area contributed by atoms with Gasteiger partial charge in [0.15, 0.2) is 11.5 Å². The molecule has 0 atom stereocenters. The van der Waals surface area contributed by atoms with Crippen LogP contribution in [0.25, 0.3) is 11.0 Å². The Labute approximate surface area is 218 Å². The molecule has 1 aliphatic rings. The van der Waals surface area contributed by atoms with Gasteiger partial charge in [0, 0.05) is 26.2 Å². The fourth-order valence-corrected chi connectivity index (χ4v) is 4.36. The van der Waals surface area contributed by atoms with Crippen molar-refractivity contribution in [2.45, 2.75) is 19.5 Å². The molecular formula is C24H20Cl2F4N4O3. The predicted octanol–water partition coefficient (Wildman–Crippen LogP) is 5.62. The van der Waals surface area contributed by atoms with Crippen LogP contribution in [-0.4, -0.2) is 59.5 Å². The minimum atomic E-state index is -4.90. The van der Waals surface area contributed by atoms with E-state index in [2.05, 4.69) is 9.97 Å². The zero-order valence-electron chi connectivity index (χ0n) is 19.4. The van der Waals surface area contributed by atoms with E-state index in [0.29, 0.717) is 30.1 Å². The molecule has 1 amide bonds. The van der Waals surface area contributed by atoms with Gasteiger partial charge in [-0.15, -0.1) is 0 Å². The number of hydrogen-bond donors (Lipinski definition) is 0. The third kappa shape index (κ3) is 5.72. The number of alkyl halides is 3. The second kappa shape index (κ2) is 10.7. The van der Waals surface area contributed by atoms with E-state index in [1.165, 1.54) is 17.0 Å². The van der Waals surface area contributed by atoms with Crippen LogP contribution in [0.3, 0.4) is 0 Å². The molecular weight excluding hydrogens is 539 g/mol. The number of benzene rings is 2. The molecule has 3 aromatic rings. The summed E-state index contributed by atoms with van der Waals surface area (Å²) in [6, 6.07) is 4.95. The lowest BCUT2D eigenvalue weighted by atomic mass is 10.1. The molecule has 1 aromatic heterocycles. The summed E-state index contributed by atoms with van der Waals surface area (Å²) in [5.41, 5.74) is -1.34. The summed E-state index contributed by atoms with van der Waals surface area (Å²) in [5, 5.41) is 0.472. The molecule has 0 aliphatic carbocycles. The third-order valence-corrected chi connectivity index (χ3v) is 6.48. The summed E-state index contributed by atoms with van der Waals surface area (Å²) in [5.74, 6) is -2.48. The van der Waals surface area contributed by atoms with Crippen LogP contribution in [0.2, 0.25) is 10.0 Å². The smallest absolute Gasteiger partial charge is 0.417 e. The summed E-state index contributed by atoms with van der Waals surface area (Å²) < 4.78 is 59.0. The average molecular weight is 559 g/mol. The van der Waals surface area contributed by atoms with E-state index in [1.807, 2.05) is 0 Å². The Morgan fingerprint density at radius 3 is 2.32 bits per heavy atom. The van der Waals surface area contributed by atoms with Gasteiger partial charge in [-0.25, -0.2) is 19.2 Å². The summed E-state index contributed by atoms with van der Waals surface area (Å²) in [7, 11) is 0. The molecule has 0 unspecified atom stereocenters. The number of rotatable bonds is 4. The summed E-state index contributed by atoms with van der Waals surface area (Å²) in [4.78, 5) is 37.6. The number of halogens is 6. The Hall–Kier alpha value is -3.18. The van der Waals surface area contributed by atoms with Gasteiger partial charge in [0.05, 0.1) is 38.8 Å². The van der Waals surface area contributed by atoms with Crippen molar-refractivity contribution in [1.29, 1.82) is 0 Å². The number of amides is 1. The monoisotopic (exact) mass is 558 g/mol. The molecule has 13 heteroatoms. The Kier molecular flexibility index (Phi) is 7.75. The van der Waals surface area contributed by atoms with Crippen molar-refractivity contribution in [3.05, 3.63) is 63.0 Å². The van der Waals surface area contributed by atoms with Crippen molar-refractivity contribution < 1.29 is 31.9 Å². The van der Waals surface area contributed by atoms with E-state index >= 15 is 0 Å².